The molecule has 0 bridgehead atoms. The van der Waals surface area contributed by atoms with Crippen molar-refractivity contribution in [2.45, 2.75) is 23.8 Å². The van der Waals surface area contributed by atoms with Gasteiger partial charge in [-0.1, -0.05) is 29.5 Å². The number of aromatic nitrogens is 2. The van der Waals surface area contributed by atoms with E-state index < -0.39 is 0 Å². The second kappa shape index (κ2) is 5.68. The van der Waals surface area contributed by atoms with Gasteiger partial charge >= 0.3 is 0 Å². The molecule has 0 aliphatic heterocycles. The van der Waals surface area contributed by atoms with Gasteiger partial charge in [0, 0.05) is 17.6 Å². The van der Waals surface area contributed by atoms with Crippen LogP contribution in [0.25, 0.3) is 0 Å². The lowest BCUT2D eigenvalue weighted by Crippen LogP contribution is -2.01. The third-order valence-electron chi connectivity index (χ3n) is 2.21. The summed E-state index contributed by atoms with van der Waals surface area (Å²) in [7, 11) is 0. The quantitative estimate of drug-likeness (QED) is 0.838. The van der Waals surface area contributed by atoms with Gasteiger partial charge in [0.2, 0.25) is 5.95 Å². The molecule has 0 aliphatic rings. The molecule has 0 amide bonds. The number of rotatable bonds is 4. The molecule has 0 atom stereocenters. The highest BCUT2D eigenvalue weighted by Crippen LogP contribution is 2.26. The average Bonchev–Trinajstić information content (AvgIpc) is 2.33. The van der Waals surface area contributed by atoms with Crippen LogP contribution in [0.5, 0.6) is 0 Å². The highest BCUT2D eigenvalue weighted by molar-refractivity contribution is 7.99. The zero-order valence-corrected chi connectivity index (χ0v) is 10.8. The first-order valence-corrected chi connectivity index (χ1v) is 6.41. The molecule has 1 aromatic carbocycles. The van der Waals surface area contributed by atoms with Gasteiger partial charge in [-0.05, 0) is 32.0 Å². The minimum Gasteiger partial charge on any atom is -0.354 e. The molecule has 3 nitrogen and oxygen atoms in total. The highest BCUT2D eigenvalue weighted by Gasteiger charge is 2.00. The molecule has 17 heavy (non-hydrogen) atoms. The van der Waals surface area contributed by atoms with E-state index in [0.29, 0.717) is 5.95 Å². The Bertz CT molecular complexity index is 482. The second-order valence-electron chi connectivity index (χ2n) is 3.66. The van der Waals surface area contributed by atoms with Gasteiger partial charge in [-0.25, -0.2) is 9.97 Å². The fourth-order valence-corrected chi connectivity index (χ4v) is 2.14. The van der Waals surface area contributed by atoms with Crippen molar-refractivity contribution in [1.82, 2.24) is 9.97 Å². The van der Waals surface area contributed by atoms with Crippen LogP contribution in [-0.4, -0.2) is 16.5 Å². The molecule has 0 fully saturated rings. The van der Waals surface area contributed by atoms with Crippen LogP contribution in [0.4, 0.5) is 5.95 Å². The van der Waals surface area contributed by atoms with E-state index in [1.54, 1.807) is 18.0 Å². The molecule has 1 N–H and O–H groups in total. The van der Waals surface area contributed by atoms with Gasteiger partial charge in [-0.15, -0.1) is 0 Å². The maximum atomic E-state index is 4.42. The van der Waals surface area contributed by atoms with Crippen LogP contribution in [0.15, 0.2) is 46.5 Å². The van der Waals surface area contributed by atoms with Crippen molar-refractivity contribution in [2.24, 2.45) is 0 Å². The van der Waals surface area contributed by atoms with E-state index in [1.165, 1.54) is 10.5 Å². The van der Waals surface area contributed by atoms with Gasteiger partial charge < -0.3 is 5.32 Å². The first-order chi connectivity index (χ1) is 8.28. The summed E-state index contributed by atoms with van der Waals surface area (Å²) in [4.78, 5) is 9.76. The Labute approximate surface area is 106 Å². The summed E-state index contributed by atoms with van der Waals surface area (Å²) < 4.78 is 0. The fourth-order valence-electron chi connectivity index (χ4n) is 1.37. The third kappa shape index (κ3) is 3.46. The third-order valence-corrected chi connectivity index (χ3v) is 3.15. The van der Waals surface area contributed by atoms with Crippen LogP contribution in [0.1, 0.15) is 12.5 Å². The molecule has 0 saturated carbocycles. The Kier molecular flexibility index (Phi) is 3.98. The predicted octanol–water partition coefficient (Wildman–Crippen LogP) is 3.37. The maximum absolute atomic E-state index is 4.42. The Morgan fingerprint density at radius 1 is 1.18 bits per heavy atom. The van der Waals surface area contributed by atoms with Crippen molar-refractivity contribution in [3.63, 3.8) is 0 Å². The first-order valence-electron chi connectivity index (χ1n) is 5.59. The standard InChI is InChI=1S/C13H15N3S/c1-3-14-13-15-9-8-12(16-13)17-11-6-4-10(2)5-7-11/h4-9H,3H2,1-2H3,(H,14,15,16). The van der Waals surface area contributed by atoms with Gasteiger partial charge in [0.1, 0.15) is 5.03 Å². The lowest BCUT2D eigenvalue weighted by atomic mass is 10.2. The molecule has 88 valence electrons. The largest absolute Gasteiger partial charge is 0.354 e. The number of nitrogens with zero attached hydrogens (tertiary/aromatic N) is 2. The lowest BCUT2D eigenvalue weighted by molar-refractivity contribution is 1.01. The molecule has 4 heteroatoms. The Balaban J connectivity index is 2.12. The molecular formula is C13H15N3S. The smallest absolute Gasteiger partial charge is 0.223 e. The Morgan fingerprint density at radius 2 is 1.94 bits per heavy atom. The number of hydrogen-bond donors (Lipinski definition) is 1. The molecule has 1 heterocycles. The van der Waals surface area contributed by atoms with Crippen molar-refractivity contribution in [1.29, 1.82) is 0 Å². The van der Waals surface area contributed by atoms with Gasteiger partial charge in [0.25, 0.3) is 0 Å². The van der Waals surface area contributed by atoms with Crippen molar-refractivity contribution >= 4 is 17.7 Å². The summed E-state index contributed by atoms with van der Waals surface area (Å²) in [5, 5.41) is 4.07. The van der Waals surface area contributed by atoms with Gasteiger partial charge in [-0.2, -0.15) is 0 Å². The second-order valence-corrected chi connectivity index (χ2v) is 4.76. The van der Waals surface area contributed by atoms with Gasteiger partial charge in [0.05, 0.1) is 0 Å². The van der Waals surface area contributed by atoms with Crippen LogP contribution in [0.2, 0.25) is 0 Å². The van der Waals surface area contributed by atoms with E-state index in [0.717, 1.165) is 11.6 Å². The summed E-state index contributed by atoms with van der Waals surface area (Å²) >= 11 is 1.65. The van der Waals surface area contributed by atoms with E-state index in [1.807, 2.05) is 13.0 Å². The van der Waals surface area contributed by atoms with Crippen LogP contribution >= 0.6 is 11.8 Å². The molecule has 0 aliphatic carbocycles. The molecule has 2 aromatic rings. The molecule has 0 saturated heterocycles. The van der Waals surface area contributed by atoms with Crippen molar-refractivity contribution in [3.8, 4) is 0 Å². The van der Waals surface area contributed by atoms with Crippen molar-refractivity contribution < 1.29 is 0 Å². The average molecular weight is 245 g/mol. The molecule has 0 unspecified atom stereocenters. The van der Waals surface area contributed by atoms with Crippen LogP contribution in [-0.2, 0) is 0 Å². The first kappa shape index (κ1) is 11.9. The lowest BCUT2D eigenvalue weighted by Gasteiger charge is -2.04. The Hall–Kier alpha value is -1.55. The summed E-state index contributed by atoms with van der Waals surface area (Å²) in [5.74, 6) is 0.685. The van der Waals surface area contributed by atoms with E-state index in [-0.39, 0.29) is 0 Å². The van der Waals surface area contributed by atoms with Crippen LogP contribution < -0.4 is 5.32 Å². The Morgan fingerprint density at radius 3 is 2.65 bits per heavy atom. The summed E-state index contributed by atoms with van der Waals surface area (Å²) in [6, 6.07) is 10.3. The monoisotopic (exact) mass is 245 g/mol. The SMILES string of the molecule is CCNc1nccc(Sc2ccc(C)cc2)n1. The minimum absolute atomic E-state index is 0.685. The zero-order chi connectivity index (χ0) is 12.1. The van der Waals surface area contributed by atoms with Gasteiger partial charge in [0.15, 0.2) is 0 Å². The van der Waals surface area contributed by atoms with Crippen molar-refractivity contribution in [2.75, 3.05) is 11.9 Å². The van der Waals surface area contributed by atoms with E-state index in [9.17, 15) is 0 Å². The highest BCUT2D eigenvalue weighted by atomic mass is 32.2. The van der Waals surface area contributed by atoms with Crippen LogP contribution in [0, 0.1) is 6.92 Å². The summed E-state index contributed by atoms with van der Waals surface area (Å²) in [6.07, 6.45) is 1.78. The number of benzene rings is 1. The van der Waals surface area contributed by atoms with E-state index in [4.69, 9.17) is 0 Å². The van der Waals surface area contributed by atoms with Crippen molar-refractivity contribution in [3.05, 3.63) is 42.1 Å². The molecule has 0 radical (unpaired) electrons. The van der Waals surface area contributed by atoms with E-state index in [2.05, 4.69) is 46.5 Å². The normalized spacial score (nSPS) is 10.2. The zero-order valence-electron chi connectivity index (χ0n) is 9.97. The van der Waals surface area contributed by atoms with Crippen LogP contribution in [0.3, 0.4) is 0 Å². The number of anilines is 1. The summed E-state index contributed by atoms with van der Waals surface area (Å²) in [6.45, 7) is 4.95. The van der Waals surface area contributed by atoms with Gasteiger partial charge in [-0.3, -0.25) is 0 Å². The minimum atomic E-state index is 0.685. The molecule has 0 spiro atoms. The van der Waals surface area contributed by atoms with E-state index >= 15 is 0 Å². The topological polar surface area (TPSA) is 37.8 Å². The number of nitrogens with one attached hydrogen (secondary N) is 1. The molecule has 2 rings (SSSR count). The summed E-state index contributed by atoms with van der Waals surface area (Å²) in [5.41, 5.74) is 1.27. The molecular weight excluding hydrogens is 230 g/mol. The maximum Gasteiger partial charge on any atom is 0.223 e. The molecule has 1 aromatic heterocycles. The number of hydrogen-bond acceptors (Lipinski definition) is 4. The number of aryl methyl sites for hydroxylation is 1. The predicted molar refractivity (Wildman–Crippen MR) is 71.5 cm³/mol. The fraction of sp³-hybridized carbons (Fsp3) is 0.231.